The second kappa shape index (κ2) is 5.80. The van der Waals surface area contributed by atoms with E-state index in [0.29, 0.717) is 16.7 Å². The number of carboxylic acids is 1. The molecule has 0 bridgehead atoms. The van der Waals surface area contributed by atoms with Crippen molar-refractivity contribution in [1.82, 2.24) is 0 Å². The van der Waals surface area contributed by atoms with Crippen molar-refractivity contribution in [2.24, 2.45) is 0 Å². The number of thiophene rings is 1. The van der Waals surface area contributed by atoms with E-state index in [1.165, 1.54) is 22.5 Å². The minimum absolute atomic E-state index is 0.391. The van der Waals surface area contributed by atoms with E-state index in [4.69, 9.17) is 5.11 Å². The standard InChI is InChI=1S/C17H20O2S/c1-10(2)12-5-6-13(14(9-12)11(3)4)15-7-8-16(20-15)17(18)19/h5-11H,1-4H3,(H,18,19). The molecule has 3 heteroatoms. The largest absolute Gasteiger partial charge is 0.477 e. The smallest absolute Gasteiger partial charge is 0.345 e. The predicted molar refractivity (Wildman–Crippen MR) is 84.9 cm³/mol. The highest BCUT2D eigenvalue weighted by Crippen LogP contribution is 2.35. The summed E-state index contributed by atoms with van der Waals surface area (Å²) in [6.07, 6.45) is 0. The first kappa shape index (κ1) is 14.8. The van der Waals surface area contributed by atoms with Crippen molar-refractivity contribution in [3.05, 3.63) is 46.3 Å². The van der Waals surface area contributed by atoms with Crippen LogP contribution in [0.5, 0.6) is 0 Å². The van der Waals surface area contributed by atoms with E-state index in [1.807, 2.05) is 6.07 Å². The van der Waals surface area contributed by atoms with Crippen LogP contribution in [0.15, 0.2) is 30.3 Å². The Bertz CT molecular complexity index is 624. The third-order valence-corrected chi connectivity index (χ3v) is 4.55. The molecule has 2 nitrogen and oxygen atoms in total. The summed E-state index contributed by atoms with van der Waals surface area (Å²) in [5, 5.41) is 9.05. The number of aromatic carboxylic acids is 1. The Morgan fingerprint density at radius 3 is 2.25 bits per heavy atom. The SMILES string of the molecule is CC(C)c1ccc(-c2ccc(C(=O)O)s2)c(C(C)C)c1. The van der Waals surface area contributed by atoms with Crippen molar-refractivity contribution < 1.29 is 9.90 Å². The summed E-state index contributed by atoms with van der Waals surface area (Å²) >= 11 is 1.34. The molecule has 0 fully saturated rings. The first-order valence-corrected chi connectivity index (χ1v) is 7.69. The lowest BCUT2D eigenvalue weighted by molar-refractivity contribution is 0.0702. The van der Waals surface area contributed by atoms with Crippen molar-refractivity contribution >= 4 is 17.3 Å². The Hall–Kier alpha value is -1.61. The first-order valence-electron chi connectivity index (χ1n) is 6.87. The van der Waals surface area contributed by atoms with Gasteiger partial charge in [0.15, 0.2) is 0 Å². The molecule has 20 heavy (non-hydrogen) atoms. The normalized spacial score (nSPS) is 11.3. The average molecular weight is 288 g/mol. The third kappa shape index (κ3) is 2.93. The predicted octanol–water partition coefficient (Wildman–Crippen LogP) is 5.36. The van der Waals surface area contributed by atoms with E-state index in [-0.39, 0.29) is 0 Å². The molecule has 0 spiro atoms. The molecule has 0 aliphatic rings. The van der Waals surface area contributed by atoms with Crippen LogP contribution >= 0.6 is 11.3 Å². The van der Waals surface area contributed by atoms with E-state index in [2.05, 4.69) is 45.9 Å². The lowest BCUT2D eigenvalue weighted by Crippen LogP contribution is -1.96. The van der Waals surface area contributed by atoms with Gasteiger partial charge in [-0.3, -0.25) is 0 Å². The summed E-state index contributed by atoms with van der Waals surface area (Å²) in [7, 11) is 0. The van der Waals surface area contributed by atoms with Crippen molar-refractivity contribution in [2.75, 3.05) is 0 Å². The van der Waals surface area contributed by atoms with E-state index in [0.717, 1.165) is 10.4 Å². The molecule has 0 unspecified atom stereocenters. The molecule has 106 valence electrons. The van der Waals surface area contributed by atoms with Crippen LogP contribution in [0.25, 0.3) is 10.4 Å². The van der Waals surface area contributed by atoms with Gasteiger partial charge in [-0.25, -0.2) is 4.79 Å². The molecule has 0 saturated heterocycles. The van der Waals surface area contributed by atoms with Crippen LogP contribution in [-0.4, -0.2) is 11.1 Å². The van der Waals surface area contributed by atoms with Crippen LogP contribution in [0, 0.1) is 0 Å². The lowest BCUT2D eigenvalue weighted by Gasteiger charge is -2.15. The molecule has 1 aromatic carbocycles. The molecule has 0 radical (unpaired) electrons. The maximum Gasteiger partial charge on any atom is 0.345 e. The zero-order chi connectivity index (χ0) is 14.9. The Balaban J connectivity index is 2.52. The van der Waals surface area contributed by atoms with E-state index in [1.54, 1.807) is 6.07 Å². The first-order chi connectivity index (χ1) is 9.40. The monoisotopic (exact) mass is 288 g/mol. The van der Waals surface area contributed by atoms with Gasteiger partial charge in [0.25, 0.3) is 0 Å². The second-order valence-corrected chi connectivity index (χ2v) is 6.71. The molecule has 1 heterocycles. The van der Waals surface area contributed by atoms with E-state index < -0.39 is 5.97 Å². The Morgan fingerprint density at radius 1 is 1.05 bits per heavy atom. The van der Waals surface area contributed by atoms with Gasteiger partial charge in [-0.2, -0.15) is 0 Å². The van der Waals surface area contributed by atoms with Crippen LogP contribution < -0.4 is 0 Å². The second-order valence-electron chi connectivity index (χ2n) is 5.63. The third-order valence-electron chi connectivity index (χ3n) is 3.45. The molecule has 1 aromatic heterocycles. The summed E-state index contributed by atoms with van der Waals surface area (Å²) in [4.78, 5) is 12.4. The molecule has 0 amide bonds. The van der Waals surface area contributed by atoms with Gasteiger partial charge >= 0.3 is 5.97 Å². The van der Waals surface area contributed by atoms with Crippen molar-refractivity contribution in [3.63, 3.8) is 0 Å². The fourth-order valence-corrected chi connectivity index (χ4v) is 3.13. The van der Waals surface area contributed by atoms with Crippen LogP contribution in [-0.2, 0) is 0 Å². The molecule has 0 aliphatic carbocycles. The average Bonchev–Trinajstić information content (AvgIpc) is 2.87. The summed E-state index contributed by atoms with van der Waals surface area (Å²) in [6.45, 7) is 8.73. The van der Waals surface area contributed by atoms with Gasteiger partial charge in [0, 0.05) is 4.88 Å². The van der Waals surface area contributed by atoms with E-state index in [9.17, 15) is 4.79 Å². The molecule has 2 rings (SSSR count). The Morgan fingerprint density at radius 2 is 1.75 bits per heavy atom. The molecule has 1 N–H and O–H groups in total. The highest BCUT2D eigenvalue weighted by atomic mass is 32.1. The fraction of sp³-hybridized carbons (Fsp3) is 0.353. The van der Waals surface area contributed by atoms with Crippen molar-refractivity contribution in [2.45, 2.75) is 39.5 Å². The van der Waals surface area contributed by atoms with Crippen molar-refractivity contribution in [3.8, 4) is 10.4 Å². The Labute approximate surface area is 124 Å². The number of carbonyl (C=O) groups is 1. The summed E-state index contributed by atoms with van der Waals surface area (Å²) < 4.78 is 0. The summed E-state index contributed by atoms with van der Waals surface area (Å²) in [5.41, 5.74) is 3.77. The number of carboxylic acid groups (broad SMARTS) is 1. The number of rotatable bonds is 4. The summed E-state index contributed by atoms with van der Waals surface area (Å²) in [6, 6.07) is 10.1. The lowest BCUT2D eigenvalue weighted by atomic mass is 9.91. The van der Waals surface area contributed by atoms with Crippen LogP contribution in [0.2, 0.25) is 0 Å². The fourth-order valence-electron chi connectivity index (χ4n) is 2.24. The molecular weight excluding hydrogens is 268 g/mol. The van der Waals surface area contributed by atoms with Gasteiger partial charge in [0.1, 0.15) is 4.88 Å². The maximum atomic E-state index is 11.0. The van der Waals surface area contributed by atoms with Gasteiger partial charge in [-0.1, -0.05) is 45.9 Å². The quantitative estimate of drug-likeness (QED) is 0.822. The van der Waals surface area contributed by atoms with Gasteiger partial charge in [-0.05, 0) is 40.7 Å². The van der Waals surface area contributed by atoms with Crippen LogP contribution in [0.1, 0.15) is 60.3 Å². The van der Waals surface area contributed by atoms with Gasteiger partial charge in [-0.15, -0.1) is 11.3 Å². The van der Waals surface area contributed by atoms with E-state index >= 15 is 0 Å². The highest BCUT2D eigenvalue weighted by molar-refractivity contribution is 7.17. The van der Waals surface area contributed by atoms with Crippen LogP contribution in [0.3, 0.4) is 0 Å². The number of benzene rings is 1. The van der Waals surface area contributed by atoms with Gasteiger partial charge < -0.3 is 5.11 Å². The topological polar surface area (TPSA) is 37.3 Å². The van der Waals surface area contributed by atoms with Crippen LogP contribution in [0.4, 0.5) is 0 Å². The molecule has 0 atom stereocenters. The Kier molecular flexibility index (Phi) is 4.29. The molecular formula is C17H20O2S. The molecule has 2 aromatic rings. The zero-order valence-electron chi connectivity index (χ0n) is 12.3. The zero-order valence-corrected chi connectivity index (χ0v) is 13.1. The number of hydrogen-bond donors (Lipinski definition) is 1. The molecule has 0 saturated carbocycles. The maximum absolute atomic E-state index is 11.0. The summed E-state index contributed by atoms with van der Waals surface area (Å²) in [5.74, 6) is 0.0599. The molecule has 0 aliphatic heterocycles. The van der Waals surface area contributed by atoms with Gasteiger partial charge in [0.2, 0.25) is 0 Å². The highest BCUT2D eigenvalue weighted by Gasteiger charge is 2.14. The minimum Gasteiger partial charge on any atom is -0.477 e. The number of hydrogen-bond acceptors (Lipinski definition) is 2. The van der Waals surface area contributed by atoms with Gasteiger partial charge in [0.05, 0.1) is 0 Å². The van der Waals surface area contributed by atoms with Crippen molar-refractivity contribution in [1.29, 1.82) is 0 Å². The minimum atomic E-state index is -0.855.